The standard InChI is InChI=1S/C6H14N2O2/c7-4-2-1-3-5(8)6(9)10/h5H,1-4,7-8H2,(H,9,10)/p+1/t5-/m1/s1. The van der Waals surface area contributed by atoms with Crippen LogP contribution in [-0.2, 0) is 4.79 Å². The Labute approximate surface area is 60.2 Å². The predicted molar refractivity (Wildman–Crippen MR) is 37.2 cm³/mol. The predicted octanol–water partition coefficient (Wildman–Crippen LogP) is -1.19. The van der Waals surface area contributed by atoms with Crippen molar-refractivity contribution in [1.82, 2.24) is 0 Å². The van der Waals surface area contributed by atoms with E-state index >= 15 is 0 Å². The third kappa shape index (κ3) is 4.29. The lowest BCUT2D eigenvalue weighted by atomic mass is 10.1. The third-order valence-electron chi connectivity index (χ3n) is 1.36. The minimum atomic E-state index is -0.822. The Hall–Kier alpha value is -0.610. The zero-order valence-electron chi connectivity index (χ0n) is 6.05. The molecule has 0 aromatic heterocycles. The van der Waals surface area contributed by atoms with Gasteiger partial charge in [0.05, 0.1) is 0 Å². The van der Waals surface area contributed by atoms with E-state index in [1.807, 2.05) is 0 Å². The van der Waals surface area contributed by atoms with Crippen molar-refractivity contribution < 1.29 is 15.6 Å². The average molecular weight is 147 g/mol. The summed E-state index contributed by atoms with van der Waals surface area (Å²) in [5.74, 6) is -0.822. The first-order valence-electron chi connectivity index (χ1n) is 3.44. The maximum absolute atomic E-state index is 10.2. The van der Waals surface area contributed by atoms with Gasteiger partial charge in [0.1, 0.15) is 0 Å². The Kier molecular flexibility index (Phi) is 4.88. The van der Waals surface area contributed by atoms with Crippen LogP contribution in [0.1, 0.15) is 19.3 Å². The fourth-order valence-electron chi connectivity index (χ4n) is 0.659. The van der Waals surface area contributed by atoms with Crippen LogP contribution in [0.4, 0.5) is 0 Å². The van der Waals surface area contributed by atoms with E-state index in [9.17, 15) is 4.79 Å². The van der Waals surface area contributed by atoms with Gasteiger partial charge in [-0.05, 0) is 19.4 Å². The molecule has 0 aromatic carbocycles. The van der Waals surface area contributed by atoms with E-state index < -0.39 is 12.0 Å². The van der Waals surface area contributed by atoms with E-state index in [2.05, 4.69) is 5.73 Å². The fraction of sp³-hybridized carbons (Fsp3) is 0.833. The summed E-state index contributed by atoms with van der Waals surface area (Å²) in [6.45, 7) is 0.631. The zero-order valence-corrected chi connectivity index (χ0v) is 6.05. The van der Waals surface area contributed by atoms with Crippen molar-refractivity contribution in [3.8, 4) is 0 Å². The first-order valence-corrected chi connectivity index (χ1v) is 3.44. The summed E-state index contributed by atoms with van der Waals surface area (Å²) in [6.07, 6.45) is 2.38. The van der Waals surface area contributed by atoms with Crippen LogP contribution in [0.3, 0.4) is 0 Å². The van der Waals surface area contributed by atoms with E-state index in [0.717, 1.165) is 12.8 Å². The van der Waals surface area contributed by atoms with Gasteiger partial charge in [-0.25, -0.2) is 4.79 Å². The minimum absolute atomic E-state index is 0.466. The molecule has 0 rings (SSSR count). The number of aliphatic carboxylic acids is 1. The van der Waals surface area contributed by atoms with Crippen LogP contribution < -0.4 is 11.5 Å². The van der Waals surface area contributed by atoms with Crippen LogP contribution in [-0.4, -0.2) is 23.7 Å². The Morgan fingerprint density at radius 2 is 2.20 bits per heavy atom. The monoisotopic (exact) mass is 147 g/mol. The van der Waals surface area contributed by atoms with E-state index in [1.54, 1.807) is 0 Å². The summed E-state index contributed by atoms with van der Waals surface area (Å²) in [4.78, 5) is 10.2. The minimum Gasteiger partial charge on any atom is -0.477 e. The van der Waals surface area contributed by atoms with Crippen molar-refractivity contribution in [3.05, 3.63) is 0 Å². The van der Waals surface area contributed by atoms with E-state index in [4.69, 9.17) is 10.8 Å². The SMILES string of the molecule is NCCCC[C@@H]([NH3+])C(=O)O. The van der Waals surface area contributed by atoms with Gasteiger partial charge in [0.15, 0.2) is 6.04 Å². The summed E-state index contributed by atoms with van der Waals surface area (Å²) in [5.41, 5.74) is 8.69. The molecule has 4 nitrogen and oxygen atoms in total. The van der Waals surface area contributed by atoms with E-state index in [1.165, 1.54) is 0 Å². The maximum Gasteiger partial charge on any atom is 0.362 e. The molecule has 0 aliphatic heterocycles. The zero-order chi connectivity index (χ0) is 7.98. The highest BCUT2D eigenvalue weighted by Gasteiger charge is 2.13. The lowest BCUT2D eigenvalue weighted by Gasteiger charge is -2.00. The molecule has 0 unspecified atom stereocenters. The molecule has 0 bridgehead atoms. The van der Waals surface area contributed by atoms with Crippen LogP contribution in [0.25, 0.3) is 0 Å². The molecular weight excluding hydrogens is 132 g/mol. The second-order valence-corrected chi connectivity index (χ2v) is 2.32. The van der Waals surface area contributed by atoms with Gasteiger partial charge in [-0.2, -0.15) is 0 Å². The normalized spacial score (nSPS) is 13.0. The number of carboxylic acid groups (broad SMARTS) is 1. The molecule has 0 amide bonds. The molecule has 0 radical (unpaired) electrons. The molecule has 4 heteroatoms. The number of carbonyl (C=O) groups is 1. The molecule has 0 aromatic rings. The number of nitrogens with two attached hydrogens (primary N) is 1. The quantitative estimate of drug-likeness (QED) is 0.427. The molecule has 0 spiro atoms. The summed E-state index contributed by atoms with van der Waals surface area (Å²) in [5, 5.41) is 8.39. The number of hydrogen-bond acceptors (Lipinski definition) is 2. The lowest BCUT2D eigenvalue weighted by Crippen LogP contribution is -2.64. The Morgan fingerprint density at radius 1 is 1.60 bits per heavy atom. The van der Waals surface area contributed by atoms with Crippen molar-refractivity contribution >= 4 is 5.97 Å². The van der Waals surface area contributed by atoms with Crippen molar-refractivity contribution in [2.75, 3.05) is 6.54 Å². The first kappa shape index (κ1) is 9.39. The number of quaternary nitrogens is 1. The fourth-order valence-corrected chi connectivity index (χ4v) is 0.659. The van der Waals surface area contributed by atoms with Crippen LogP contribution in [0, 0.1) is 0 Å². The summed E-state index contributed by atoms with van der Waals surface area (Å²) in [7, 11) is 0. The highest BCUT2D eigenvalue weighted by atomic mass is 16.4. The summed E-state index contributed by atoms with van der Waals surface area (Å²) >= 11 is 0. The van der Waals surface area contributed by atoms with Crippen molar-refractivity contribution in [2.45, 2.75) is 25.3 Å². The molecule has 1 atom stereocenters. The molecule has 0 saturated heterocycles. The van der Waals surface area contributed by atoms with E-state index in [-0.39, 0.29) is 0 Å². The molecule has 0 aliphatic rings. The first-order chi connectivity index (χ1) is 4.68. The van der Waals surface area contributed by atoms with Crippen LogP contribution in [0.5, 0.6) is 0 Å². The number of carboxylic acids is 1. The highest BCUT2D eigenvalue weighted by Crippen LogP contribution is 1.95. The Morgan fingerprint density at radius 3 is 2.60 bits per heavy atom. The summed E-state index contributed by atoms with van der Waals surface area (Å²) in [6, 6.07) is -0.466. The van der Waals surface area contributed by atoms with Gasteiger partial charge in [-0.1, -0.05) is 0 Å². The van der Waals surface area contributed by atoms with Gasteiger partial charge in [-0.3, -0.25) is 0 Å². The molecular formula is C6H15N2O2+. The number of rotatable bonds is 5. The molecule has 0 saturated carbocycles. The second-order valence-electron chi connectivity index (χ2n) is 2.32. The van der Waals surface area contributed by atoms with Crippen LogP contribution in [0.2, 0.25) is 0 Å². The van der Waals surface area contributed by atoms with Crippen molar-refractivity contribution in [2.24, 2.45) is 5.73 Å². The summed E-state index contributed by atoms with van der Waals surface area (Å²) < 4.78 is 0. The highest BCUT2D eigenvalue weighted by molar-refractivity contribution is 5.71. The molecule has 6 N–H and O–H groups in total. The topological polar surface area (TPSA) is 91.0 Å². The maximum atomic E-state index is 10.2. The van der Waals surface area contributed by atoms with Gasteiger partial charge in [0.2, 0.25) is 0 Å². The van der Waals surface area contributed by atoms with Crippen molar-refractivity contribution in [3.63, 3.8) is 0 Å². The van der Waals surface area contributed by atoms with E-state index in [0.29, 0.717) is 13.0 Å². The lowest BCUT2D eigenvalue weighted by molar-refractivity contribution is -0.409. The van der Waals surface area contributed by atoms with Gasteiger partial charge < -0.3 is 16.6 Å². The molecule has 0 fully saturated rings. The number of unbranched alkanes of at least 4 members (excludes halogenated alkanes) is 1. The average Bonchev–Trinajstić information content (AvgIpc) is 1.88. The number of hydrogen-bond donors (Lipinski definition) is 3. The van der Waals surface area contributed by atoms with Gasteiger partial charge in [0, 0.05) is 6.42 Å². The smallest absolute Gasteiger partial charge is 0.362 e. The largest absolute Gasteiger partial charge is 0.477 e. The van der Waals surface area contributed by atoms with Gasteiger partial charge in [-0.15, -0.1) is 0 Å². The molecule has 0 heterocycles. The van der Waals surface area contributed by atoms with Crippen molar-refractivity contribution in [1.29, 1.82) is 0 Å². The molecule has 60 valence electrons. The molecule has 10 heavy (non-hydrogen) atoms. The second kappa shape index (κ2) is 5.20. The van der Waals surface area contributed by atoms with Gasteiger partial charge in [0.25, 0.3) is 0 Å². The van der Waals surface area contributed by atoms with Gasteiger partial charge >= 0.3 is 5.97 Å². The Bertz CT molecular complexity index is 106. The Balaban J connectivity index is 3.21. The van der Waals surface area contributed by atoms with Crippen LogP contribution >= 0.6 is 0 Å². The van der Waals surface area contributed by atoms with Crippen LogP contribution in [0.15, 0.2) is 0 Å². The molecule has 0 aliphatic carbocycles. The third-order valence-corrected chi connectivity index (χ3v) is 1.36.